The summed E-state index contributed by atoms with van der Waals surface area (Å²) in [6.45, 7) is 10.3. The molecule has 0 saturated carbocycles. The van der Waals surface area contributed by atoms with E-state index in [9.17, 15) is 0 Å². The van der Waals surface area contributed by atoms with Gasteiger partial charge in [0.2, 0.25) is 0 Å². The highest BCUT2D eigenvalue weighted by Crippen LogP contribution is 2.47. The van der Waals surface area contributed by atoms with Crippen LogP contribution in [0, 0.1) is 20.8 Å². The normalized spacial score (nSPS) is 19.8. The Kier molecular flexibility index (Phi) is 4.25. The van der Waals surface area contributed by atoms with Gasteiger partial charge in [0.15, 0.2) is 11.6 Å². The van der Waals surface area contributed by atoms with Gasteiger partial charge >= 0.3 is 0 Å². The minimum Gasteiger partial charge on any atom is -0.350 e. The highest BCUT2D eigenvalue weighted by atomic mass is 15.5. The molecule has 9 heteroatoms. The van der Waals surface area contributed by atoms with E-state index in [4.69, 9.17) is 9.97 Å². The van der Waals surface area contributed by atoms with Crippen LogP contribution in [0.3, 0.4) is 0 Å². The lowest BCUT2D eigenvalue weighted by Crippen LogP contribution is -2.38. The summed E-state index contributed by atoms with van der Waals surface area (Å²) in [5.74, 6) is 3.33. The van der Waals surface area contributed by atoms with Crippen molar-refractivity contribution < 1.29 is 0 Å². The van der Waals surface area contributed by atoms with Crippen LogP contribution in [0.25, 0.3) is 0 Å². The van der Waals surface area contributed by atoms with Gasteiger partial charge in [-0.2, -0.15) is 0 Å². The number of hydrogen-bond acceptors (Lipinski definition) is 9. The molecule has 2 atom stereocenters. The van der Waals surface area contributed by atoms with Gasteiger partial charge in [0.1, 0.15) is 35.4 Å². The summed E-state index contributed by atoms with van der Waals surface area (Å²) in [4.78, 5) is 31.8. The lowest BCUT2D eigenvalue weighted by atomic mass is 10.1. The number of aromatic nitrogens is 5. The second-order valence-corrected chi connectivity index (χ2v) is 8.28. The predicted molar refractivity (Wildman–Crippen MR) is 123 cm³/mol. The third kappa shape index (κ3) is 2.72. The molecule has 5 rings (SSSR count). The summed E-state index contributed by atoms with van der Waals surface area (Å²) in [6.07, 6.45) is 7.83. The number of anilines is 6. The molecular weight excluding hydrogens is 390 g/mol. The SMILES string of the molecule is Cc1ncc2c(n1)N(c1cncc(N3c4nc(C)ncc4N(C)[C@@H]3C)c1C)[C@H](C)N2C. The van der Waals surface area contributed by atoms with Crippen molar-refractivity contribution in [2.75, 3.05) is 33.7 Å². The van der Waals surface area contributed by atoms with Crippen molar-refractivity contribution in [3.63, 3.8) is 0 Å². The molecule has 2 aliphatic heterocycles. The Balaban J connectivity index is 1.66. The van der Waals surface area contributed by atoms with Gasteiger partial charge in [0, 0.05) is 14.1 Å². The molecule has 9 nitrogen and oxygen atoms in total. The lowest BCUT2D eigenvalue weighted by Gasteiger charge is -2.32. The van der Waals surface area contributed by atoms with Crippen LogP contribution in [0.15, 0.2) is 24.8 Å². The second-order valence-electron chi connectivity index (χ2n) is 8.28. The number of aryl methyl sites for hydroxylation is 2. The fraction of sp³-hybridized carbons (Fsp3) is 0.409. The van der Waals surface area contributed by atoms with Crippen molar-refractivity contribution in [2.24, 2.45) is 0 Å². The first-order valence-corrected chi connectivity index (χ1v) is 10.5. The predicted octanol–water partition coefficient (Wildman–Crippen LogP) is 3.45. The molecule has 0 amide bonds. The van der Waals surface area contributed by atoms with E-state index in [1.165, 1.54) is 0 Å². The third-order valence-electron chi connectivity index (χ3n) is 6.51. The maximum atomic E-state index is 4.76. The molecule has 0 aliphatic carbocycles. The van der Waals surface area contributed by atoms with Crippen LogP contribution in [-0.4, -0.2) is 51.3 Å². The maximum absolute atomic E-state index is 4.76. The summed E-state index contributed by atoms with van der Waals surface area (Å²) < 4.78 is 0. The Morgan fingerprint density at radius 2 is 1.06 bits per heavy atom. The van der Waals surface area contributed by atoms with Gasteiger partial charge in [0.05, 0.1) is 36.2 Å². The number of fused-ring (bicyclic) bond motifs is 2. The van der Waals surface area contributed by atoms with Crippen LogP contribution in [-0.2, 0) is 0 Å². The highest BCUT2D eigenvalue weighted by molar-refractivity contribution is 5.86. The molecule has 0 bridgehead atoms. The van der Waals surface area contributed by atoms with Crippen molar-refractivity contribution >= 4 is 34.4 Å². The molecule has 0 fully saturated rings. The summed E-state index contributed by atoms with van der Waals surface area (Å²) in [5.41, 5.74) is 5.23. The zero-order chi connectivity index (χ0) is 22.0. The maximum Gasteiger partial charge on any atom is 0.162 e. The zero-order valence-electron chi connectivity index (χ0n) is 19.0. The average molecular weight is 418 g/mol. The van der Waals surface area contributed by atoms with Crippen LogP contribution < -0.4 is 19.6 Å². The minimum atomic E-state index is 0.0948. The monoisotopic (exact) mass is 417 g/mol. The van der Waals surface area contributed by atoms with Crippen LogP contribution in [0.5, 0.6) is 0 Å². The summed E-state index contributed by atoms with van der Waals surface area (Å²) in [5, 5.41) is 0. The largest absolute Gasteiger partial charge is 0.350 e. The van der Waals surface area contributed by atoms with Crippen molar-refractivity contribution in [3.8, 4) is 0 Å². The molecule has 0 spiro atoms. The van der Waals surface area contributed by atoms with Gasteiger partial charge in [0.25, 0.3) is 0 Å². The smallest absolute Gasteiger partial charge is 0.162 e. The number of pyridine rings is 1. The third-order valence-corrected chi connectivity index (χ3v) is 6.51. The van der Waals surface area contributed by atoms with Gasteiger partial charge in [-0.3, -0.25) is 4.98 Å². The molecule has 160 valence electrons. The van der Waals surface area contributed by atoms with Gasteiger partial charge < -0.3 is 19.6 Å². The summed E-state index contributed by atoms with van der Waals surface area (Å²) in [7, 11) is 4.14. The van der Waals surface area contributed by atoms with E-state index in [2.05, 4.69) is 69.4 Å². The molecular formula is C22H27N9. The first-order chi connectivity index (χ1) is 14.8. The van der Waals surface area contributed by atoms with E-state index in [0.717, 1.165) is 51.6 Å². The Morgan fingerprint density at radius 1 is 0.645 bits per heavy atom. The van der Waals surface area contributed by atoms with Crippen molar-refractivity contribution in [1.29, 1.82) is 0 Å². The fourth-order valence-electron chi connectivity index (χ4n) is 4.48. The molecule has 0 N–H and O–H groups in total. The molecule has 31 heavy (non-hydrogen) atoms. The van der Waals surface area contributed by atoms with Gasteiger partial charge in [-0.1, -0.05) is 0 Å². The van der Waals surface area contributed by atoms with Crippen LogP contribution in [0.2, 0.25) is 0 Å². The second kappa shape index (κ2) is 6.76. The molecule has 3 aromatic rings. The number of hydrogen-bond donors (Lipinski definition) is 0. The van der Waals surface area contributed by atoms with E-state index >= 15 is 0 Å². The van der Waals surface area contributed by atoms with E-state index in [1.807, 2.05) is 38.6 Å². The van der Waals surface area contributed by atoms with Gasteiger partial charge in [-0.25, -0.2) is 19.9 Å². The van der Waals surface area contributed by atoms with Crippen molar-refractivity contribution in [1.82, 2.24) is 24.9 Å². The van der Waals surface area contributed by atoms with E-state index in [1.54, 1.807) is 0 Å². The average Bonchev–Trinajstić information content (AvgIpc) is 3.12. The molecule has 0 saturated heterocycles. The quantitative estimate of drug-likeness (QED) is 0.623. The van der Waals surface area contributed by atoms with Crippen LogP contribution in [0.1, 0.15) is 31.1 Å². The molecule has 0 radical (unpaired) electrons. The van der Waals surface area contributed by atoms with E-state index in [-0.39, 0.29) is 12.3 Å². The molecule has 3 aromatic heterocycles. The first kappa shape index (κ1) is 19.5. The molecule has 2 aliphatic rings. The minimum absolute atomic E-state index is 0.0948. The fourth-order valence-corrected chi connectivity index (χ4v) is 4.48. The summed E-state index contributed by atoms with van der Waals surface area (Å²) in [6, 6.07) is 0. The number of nitrogens with zero attached hydrogens (tertiary/aromatic N) is 9. The zero-order valence-corrected chi connectivity index (χ0v) is 19.0. The van der Waals surface area contributed by atoms with Crippen LogP contribution >= 0.6 is 0 Å². The van der Waals surface area contributed by atoms with Gasteiger partial charge in [-0.05, 0) is 40.2 Å². The highest BCUT2D eigenvalue weighted by Gasteiger charge is 2.38. The number of rotatable bonds is 2. The van der Waals surface area contributed by atoms with Crippen molar-refractivity contribution in [3.05, 3.63) is 42.0 Å². The standard InChI is InChI=1S/C22H27N9/c1-12-17(30-15(4)28(6)19-10-24-13(2)26-21(19)30)8-23-9-18(12)31-16(5)29(7)20-11-25-14(3)27-22(20)31/h8-11,15-16H,1-7H3/t15-,16+. The van der Waals surface area contributed by atoms with Gasteiger partial charge in [-0.15, -0.1) is 0 Å². The summed E-state index contributed by atoms with van der Waals surface area (Å²) >= 11 is 0. The molecule has 5 heterocycles. The van der Waals surface area contributed by atoms with Crippen LogP contribution in [0.4, 0.5) is 34.4 Å². The van der Waals surface area contributed by atoms with E-state index in [0.29, 0.717) is 0 Å². The Bertz CT molecular complexity index is 1090. The Morgan fingerprint density at radius 3 is 1.48 bits per heavy atom. The molecule has 0 unspecified atom stereocenters. The van der Waals surface area contributed by atoms with Crippen molar-refractivity contribution in [2.45, 2.75) is 47.0 Å². The molecule has 0 aromatic carbocycles. The Hall–Kier alpha value is -3.49. The topological polar surface area (TPSA) is 77.4 Å². The van der Waals surface area contributed by atoms with E-state index < -0.39 is 0 Å². The lowest BCUT2D eigenvalue weighted by molar-refractivity contribution is 0.719. The first-order valence-electron chi connectivity index (χ1n) is 10.5. The Labute approximate surface area is 182 Å².